The van der Waals surface area contributed by atoms with Gasteiger partial charge >= 0.3 is 0 Å². The van der Waals surface area contributed by atoms with Crippen molar-refractivity contribution in [2.75, 3.05) is 0 Å². The van der Waals surface area contributed by atoms with Crippen LogP contribution < -0.4 is 0 Å². The van der Waals surface area contributed by atoms with Gasteiger partial charge in [0.05, 0.1) is 0 Å². The molecule has 1 rings (SSSR count). The molecule has 108 valence electrons. The summed E-state index contributed by atoms with van der Waals surface area (Å²) in [6, 6.07) is 0. The van der Waals surface area contributed by atoms with Crippen molar-refractivity contribution in [3.63, 3.8) is 0 Å². The molecule has 1 saturated heterocycles. The summed E-state index contributed by atoms with van der Waals surface area (Å²) >= 11 is 0. The molecule has 0 aromatic carbocycles. The summed E-state index contributed by atoms with van der Waals surface area (Å²) in [5.41, 5.74) is 0. The highest BCUT2D eigenvalue weighted by molar-refractivity contribution is 8.77. The molecule has 2 unspecified atom stereocenters. The first kappa shape index (κ1) is 16.8. The van der Waals surface area contributed by atoms with Crippen LogP contribution >= 0.6 is 21.6 Å². The third-order valence-corrected chi connectivity index (χ3v) is 7.30. The van der Waals surface area contributed by atoms with Crippen LogP contribution in [0.1, 0.15) is 90.9 Å². The zero-order valence-corrected chi connectivity index (χ0v) is 14.1. The molecule has 0 aromatic rings. The van der Waals surface area contributed by atoms with Gasteiger partial charge in [0.25, 0.3) is 0 Å². The third-order valence-electron chi connectivity index (χ3n) is 3.83. The molecule has 0 bridgehead atoms. The first-order chi connectivity index (χ1) is 8.83. The van der Waals surface area contributed by atoms with Crippen LogP contribution in [0.4, 0.5) is 0 Å². The molecule has 0 nitrogen and oxygen atoms in total. The Morgan fingerprint density at radius 1 is 0.778 bits per heavy atom. The van der Waals surface area contributed by atoms with Crippen molar-refractivity contribution in [1.82, 2.24) is 0 Å². The Morgan fingerprint density at radius 3 is 1.83 bits per heavy atom. The minimum Gasteiger partial charge on any atom is -0.0907 e. The SMILES string of the molecule is CCCCCCCCCCCCC1CC(C)SS1. The van der Waals surface area contributed by atoms with Gasteiger partial charge in [0, 0.05) is 10.5 Å². The first-order valence-electron chi connectivity index (χ1n) is 8.15. The average molecular weight is 289 g/mol. The van der Waals surface area contributed by atoms with Gasteiger partial charge in [-0.3, -0.25) is 0 Å². The Kier molecular flexibility index (Phi) is 10.7. The van der Waals surface area contributed by atoms with E-state index < -0.39 is 0 Å². The smallest absolute Gasteiger partial charge is 0.0162 e. The molecule has 2 atom stereocenters. The van der Waals surface area contributed by atoms with Crippen molar-refractivity contribution in [3.05, 3.63) is 0 Å². The minimum atomic E-state index is 0.906. The number of hydrogen-bond donors (Lipinski definition) is 0. The van der Waals surface area contributed by atoms with Crippen LogP contribution in [0.25, 0.3) is 0 Å². The molecular formula is C16H32S2. The van der Waals surface area contributed by atoms with Gasteiger partial charge in [0.2, 0.25) is 0 Å². The van der Waals surface area contributed by atoms with Crippen molar-refractivity contribution in [2.24, 2.45) is 0 Å². The molecule has 18 heavy (non-hydrogen) atoms. The van der Waals surface area contributed by atoms with Gasteiger partial charge in [-0.1, -0.05) is 99.6 Å². The molecule has 1 aliphatic heterocycles. The molecular weight excluding hydrogens is 256 g/mol. The van der Waals surface area contributed by atoms with E-state index in [0.29, 0.717) is 0 Å². The predicted molar refractivity (Wildman–Crippen MR) is 89.5 cm³/mol. The molecule has 0 radical (unpaired) electrons. The summed E-state index contributed by atoms with van der Waals surface area (Å²) in [5, 5.41) is 1.88. The van der Waals surface area contributed by atoms with Gasteiger partial charge in [0.15, 0.2) is 0 Å². The topological polar surface area (TPSA) is 0 Å². The van der Waals surface area contributed by atoms with Gasteiger partial charge < -0.3 is 0 Å². The van der Waals surface area contributed by atoms with Crippen molar-refractivity contribution < 1.29 is 0 Å². The van der Waals surface area contributed by atoms with Crippen LogP contribution in [0.15, 0.2) is 0 Å². The Bertz CT molecular complexity index is 182. The fraction of sp³-hybridized carbons (Fsp3) is 1.00. The lowest BCUT2D eigenvalue weighted by atomic mass is 10.0. The minimum absolute atomic E-state index is 0.906. The molecule has 0 aromatic heterocycles. The lowest BCUT2D eigenvalue weighted by Gasteiger charge is -2.07. The normalized spacial score (nSPS) is 23.7. The van der Waals surface area contributed by atoms with Crippen LogP contribution in [0, 0.1) is 0 Å². The zero-order valence-electron chi connectivity index (χ0n) is 12.5. The zero-order chi connectivity index (χ0) is 13.1. The molecule has 0 spiro atoms. The second kappa shape index (κ2) is 11.5. The van der Waals surface area contributed by atoms with E-state index in [1.807, 2.05) is 0 Å². The summed E-state index contributed by atoms with van der Waals surface area (Å²) < 4.78 is 0. The van der Waals surface area contributed by atoms with E-state index in [1.54, 1.807) is 0 Å². The van der Waals surface area contributed by atoms with E-state index in [1.165, 1.54) is 77.0 Å². The Balaban J connectivity index is 1.73. The maximum atomic E-state index is 2.37. The average Bonchev–Trinajstić information content (AvgIpc) is 2.77. The summed E-state index contributed by atoms with van der Waals surface area (Å²) in [6.07, 6.45) is 17.5. The number of unbranched alkanes of at least 4 members (excludes halogenated alkanes) is 9. The molecule has 0 saturated carbocycles. The highest BCUT2D eigenvalue weighted by Crippen LogP contribution is 2.45. The van der Waals surface area contributed by atoms with Gasteiger partial charge in [-0.25, -0.2) is 0 Å². The van der Waals surface area contributed by atoms with Crippen molar-refractivity contribution in [3.8, 4) is 0 Å². The Morgan fingerprint density at radius 2 is 1.33 bits per heavy atom. The first-order valence-corrected chi connectivity index (χ1v) is 10.4. The van der Waals surface area contributed by atoms with Crippen molar-refractivity contribution in [2.45, 2.75) is 101 Å². The van der Waals surface area contributed by atoms with Crippen LogP contribution in [0.3, 0.4) is 0 Å². The van der Waals surface area contributed by atoms with Crippen molar-refractivity contribution in [1.29, 1.82) is 0 Å². The maximum absolute atomic E-state index is 2.37. The quantitative estimate of drug-likeness (QED) is 0.301. The van der Waals surface area contributed by atoms with E-state index in [4.69, 9.17) is 0 Å². The van der Waals surface area contributed by atoms with Gasteiger partial charge in [-0.05, 0) is 12.8 Å². The van der Waals surface area contributed by atoms with Crippen LogP contribution in [-0.2, 0) is 0 Å². The highest BCUT2D eigenvalue weighted by atomic mass is 33.1. The molecule has 1 aliphatic rings. The summed E-state index contributed by atoms with van der Waals surface area (Å²) in [5.74, 6) is 0. The van der Waals surface area contributed by atoms with E-state index in [2.05, 4.69) is 35.4 Å². The summed E-state index contributed by atoms with van der Waals surface area (Å²) in [4.78, 5) is 0. The lowest BCUT2D eigenvalue weighted by Crippen LogP contribution is -2.00. The van der Waals surface area contributed by atoms with E-state index in [-0.39, 0.29) is 0 Å². The second-order valence-corrected chi connectivity index (χ2v) is 8.84. The fourth-order valence-electron chi connectivity index (χ4n) is 2.65. The maximum Gasteiger partial charge on any atom is 0.0162 e. The predicted octanol–water partition coefficient (Wildman–Crippen LogP) is 6.84. The summed E-state index contributed by atoms with van der Waals surface area (Å²) in [7, 11) is 4.25. The van der Waals surface area contributed by atoms with Gasteiger partial charge in [-0.2, -0.15) is 0 Å². The van der Waals surface area contributed by atoms with Crippen LogP contribution in [-0.4, -0.2) is 10.5 Å². The van der Waals surface area contributed by atoms with Crippen molar-refractivity contribution >= 4 is 21.6 Å². The third kappa shape index (κ3) is 8.74. The standard InChI is InChI=1S/C16H32S2/c1-3-4-5-6-7-8-9-10-11-12-13-16-14-15(2)17-18-16/h15-16H,3-14H2,1-2H3. The lowest BCUT2D eigenvalue weighted by molar-refractivity contribution is 0.543. The molecule has 0 N–H and O–H groups in total. The van der Waals surface area contributed by atoms with E-state index in [0.717, 1.165) is 10.5 Å². The van der Waals surface area contributed by atoms with Crippen LogP contribution in [0.2, 0.25) is 0 Å². The molecule has 1 fully saturated rings. The molecule has 0 aliphatic carbocycles. The van der Waals surface area contributed by atoms with Gasteiger partial charge in [-0.15, -0.1) is 0 Å². The monoisotopic (exact) mass is 288 g/mol. The highest BCUT2D eigenvalue weighted by Gasteiger charge is 2.21. The largest absolute Gasteiger partial charge is 0.0907 e. The van der Waals surface area contributed by atoms with E-state index >= 15 is 0 Å². The van der Waals surface area contributed by atoms with E-state index in [9.17, 15) is 0 Å². The summed E-state index contributed by atoms with van der Waals surface area (Å²) in [6.45, 7) is 4.66. The molecule has 0 amide bonds. The van der Waals surface area contributed by atoms with Gasteiger partial charge in [0.1, 0.15) is 0 Å². The number of hydrogen-bond acceptors (Lipinski definition) is 2. The molecule has 1 heterocycles. The number of rotatable bonds is 11. The van der Waals surface area contributed by atoms with Crippen LogP contribution in [0.5, 0.6) is 0 Å². The fourth-order valence-corrected chi connectivity index (χ4v) is 5.86. The molecule has 2 heteroatoms. The second-order valence-electron chi connectivity index (χ2n) is 5.83. The Hall–Kier alpha value is 0.700. The Labute approximate surface area is 123 Å².